The molecule has 2 rings (SSSR count). The Morgan fingerprint density at radius 2 is 2.16 bits per heavy atom. The molecule has 1 N–H and O–H groups in total. The van der Waals surface area contributed by atoms with E-state index in [1.165, 1.54) is 0 Å². The Balaban J connectivity index is 2.38. The fraction of sp³-hybridized carbons (Fsp3) is 0.429. The highest BCUT2D eigenvalue weighted by Gasteiger charge is 2.34. The summed E-state index contributed by atoms with van der Waals surface area (Å²) in [4.78, 5) is 22.5. The van der Waals surface area contributed by atoms with Gasteiger partial charge in [-0.1, -0.05) is 0 Å². The van der Waals surface area contributed by atoms with Crippen molar-refractivity contribution in [3.63, 3.8) is 0 Å². The fourth-order valence-electron chi connectivity index (χ4n) is 2.11. The van der Waals surface area contributed by atoms with E-state index in [1.54, 1.807) is 19.1 Å². The van der Waals surface area contributed by atoms with Gasteiger partial charge in [-0.25, -0.2) is 4.79 Å². The topological polar surface area (TPSA) is 72.8 Å². The summed E-state index contributed by atoms with van der Waals surface area (Å²) in [5.41, 5.74) is 0.625. The molecule has 5 nitrogen and oxygen atoms in total. The molecular formula is C14H16O5. The van der Waals surface area contributed by atoms with Gasteiger partial charge in [-0.3, -0.25) is 4.79 Å². The molecule has 1 aliphatic rings. The van der Waals surface area contributed by atoms with E-state index in [-0.39, 0.29) is 5.78 Å². The zero-order valence-electron chi connectivity index (χ0n) is 11.1. The SMILES string of the molecule is Cc1c(OCC(=O)O)ccc2c1OC(C)(C)CC2=O. The third-order valence-corrected chi connectivity index (χ3v) is 2.97. The number of hydrogen-bond donors (Lipinski definition) is 1. The first-order valence-corrected chi connectivity index (χ1v) is 6.00. The van der Waals surface area contributed by atoms with Gasteiger partial charge in [0.25, 0.3) is 0 Å². The van der Waals surface area contributed by atoms with Crippen molar-refractivity contribution in [2.75, 3.05) is 6.61 Å². The minimum atomic E-state index is -1.05. The lowest BCUT2D eigenvalue weighted by atomic mass is 9.91. The van der Waals surface area contributed by atoms with Gasteiger partial charge in [0.05, 0.1) is 12.0 Å². The fourth-order valence-corrected chi connectivity index (χ4v) is 2.11. The molecule has 0 spiro atoms. The highest BCUT2D eigenvalue weighted by atomic mass is 16.5. The maximum Gasteiger partial charge on any atom is 0.341 e. The van der Waals surface area contributed by atoms with Crippen LogP contribution in [0, 0.1) is 6.92 Å². The Kier molecular flexibility index (Phi) is 3.22. The molecule has 0 unspecified atom stereocenters. The summed E-state index contributed by atoms with van der Waals surface area (Å²) >= 11 is 0. The van der Waals surface area contributed by atoms with E-state index in [0.717, 1.165) is 0 Å². The number of ketones is 1. The van der Waals surface area contributed by atoms with Gasteiger partial charge in [0.15, 0.2) is 12.4 Å². The number of carboxylic acid groups (broad SMARTS) is 1. The monoisotopic (exact) mass is 264 g/mol. The maximum atomic E-state index is 12.0. The molecule has 0 amide bonds. The third-order valence-electron chi connectivity index (χ3n) is 2.97. The Hall–Kier alpha value is -2.04. The number of carbonyl (C=O) groups is 2. The third kappa shape index (κ3) is 2.70. The summed E-state index contributed by atoms with van der Waals surface area (Å²) in [5.74, 6) is -0.107. The van der Waals surface area contributed by atoms with E-state index in [2.05, 4.69) is 0 Å². The normalized spacial score (nSPS) is 16.5. The van der Waals surface area contributed by atoms with Gasteiger partial charge in [-0.15, -0.1) is 0 Å². The summed E-state index contributed by atoms with van der Waals surface area (Å²) in [6.45, 7) is 5.03. The first kappa shape index (κ1) is 13.4. The van der Waals surface area contributed by atoms with Crippen LogP contribution in [0.2, 0.25) is 0 Å². The van der Waals surface area contributed by atoms with Crippen LogP contribution in [0.4, 0.5) is 0 Å². The summed E-state index contributed by atoms with van der Waals surface area (Å²) < 4.78 is 11.0. The van der Waals surface area contributed by atoms with Crippen LogP contribution in [-0.4, -0.2) is 29.1 Å². The van der Waals surface area contributed by atoms with Crippen molar-refractivity contribution in [2.24, 2.45) is 0 Å². The van der Waals surface area contributed by atoms with Gasteiger partial charge in [0.2, 0.25) is 0 Å². The van der Waals surface area contributed by atoms with Crippen LogP contribution >= 0.6 is 0 Å². The predicted molar refractivity (Wildman–Crippen MR) is 68.0 cm³/mol. The molecule has 102 valence electrons. The second-order valence-corrected chi connectivity index (χ2v) is 5.21. The lowest BCUT2D eigenvalue weighted by Gasteiger charge is -2.32. The van der Waals surface area contributed by atoms with E-state index in [9.17, 15) is 9.59 Å². The van der Waals surface area contributed by atoms with E-state index < -0.39 is 18.2 Å². The van der Waals surface area contributed by atoms with Gasteiger partial charge in [0, 0.05) is 5.56 Å². The molecule has 0 saturated heterocycles. The quantitative estimate of drug-likeness (QED) is 0.906. The molecular weight excluding hydrogens is 248 g/mol. The van der Waals surface area contributed by atoms with Gasteiger partial charge in [0.1, 0.15) is 17.1 Å². The average molecular weight is 264 g/mol. The van der Waals surface area contributed by atoms with Crippen LogP contribution < -0.4 is 9.47 Å². The highest BCUT2D eigenvalue weighted by Crippen LogP contribution is 2.39. The summed E-state index contributed by atoms with van der Waals surface area (Å²) in [5, 5.41) is 8.62. The Bertz CT molecular complexity index is 545. The molecule has 0 aromatic heterocycles. The molecule has 0 fully saturated rings. The van der Waals surface area contributed by atoms with Gasteiger partial charge in [-0.2, -0.15) is 0 Å². The van der Waals surface area contributed by atoms with Crippen LogP contribution in [0.25, 0.3) is 0 Å². The molecule has 1 heterocycles. The van der Waals surface area contributed by atoms with Crippen LogP contribution in [0.5, 0.6) is 11.5 Å². The average Bonchev–Trinajstić information content (AvgIpc) is 2.27. The minimum absolute atomic E-state index is 0.0270. The summed E-state index contributed by atoms with van der Waals surface area (Å²) in [6, 6.07) is 3.23. The standard InChI is InChI=1S/C14H16O5/c1-8-11(18-7-12(16)17)5-4-9-10(15)6-14(2,3)19-13(8)9/h4-5H,6-7H2,1-3H3,(H,16,17). The molecule has 5 heteroatoms. The summed E-state index contributed by atoms with van der Waals surface area (Å²) in [6.07, 6.45) is 0.328. The minimum Gasteiger partial charge on any atom is -0.486 e. The Morgan fingerprint density at radius 1 is 1.47 bits per heavy atom. The highest BCUT2D eigenvalue weighted by molar-refractivity contribution is 6.01. The smallest absolute Gasteiger partial charge is 0.341 e. The van der Waals surface area contributed by atoms with E-state index >= 15 is 0 Å². The van der Waals surface area contributed by atoms with E-state index in [4.69, 9.17) is 14.6 Å². The first-order valence-electron chi connectivity index (χ1n) is 6.00. The molecule has 0 radical (unpaired) electrons. The zero-order valence-corrected chi connectivity index (χ0v) is 11.1. The van der Waals surface area contributed by atoms with Crippen molar-refractivity contribution in [3.8, 4) is 11.5 Å². The number of fused-ring (bicyclic) bond motifs is 1. The van der Waals surface area contributed by atoms with Crippen LogP contribution in [0.3, 0.4) is 0 Å². The van der Waals surface area contributed by atoms with Crippen LogP contribution in [-0.2, 0) is 4.79 Å². The van der Waals surface area contributed by atoms with Crippen molar-refractivity contribution < 1.29 is 24.2 Å². The van der Waals surface area contributed by atoms with E-state index in [0.29, 0.717) is 29.0 Å². The Labute approximate surface area is 111 Å². The molecule has 1 aliphatic heterocycles. The maximum absolute atomic E-state index is 12.0. The Morgan fingerprint density at radius 3 is 2.79 bits per heavy atom. The molecule has 19 heavy (non-hydrogen) atoms. The largest absolute Gasteiger partial charge is 0.486 e. The number of rotatable bonds is 3. The number of Topliss-reactive ketones (excluding diaryl/α,β-unsaturated/α-hetero) is 1. The van der Waals surface area contributed by atoms with Gasteiger partial charge < -0.3 is 14.6 Å². The van der Waals surface area contributed by atoms with Crippen molar-refractivity contribution in [2.45, 2.75) is 32.8 Å². The molecule has 0 saturated carbocycles. The van der Waals surface area contributed by atoms with Crippen LogP contribution in [0.1, 0.15) is 36.2 Å². The van der Waals surface area contributed by atoms with Crippen molar-refractivity contribution in [1.29, 1.82) is 0 Å². The van der Waals surface area contributed by atoms with Gasteiger partial charge >= 0.3 is 5.97 Å². The molecule has 0 bridgehead atoms. The number of benzene rings is 1. The molecule has 1 aromatic rings. The van der Waals surface area contributed by atoms with E-state index in [1.807, 2.05) is 13.8 Å². The first-order chi connectivity index (χ1) is 8.80. The van der Waals surface area contributed by atoms with Crippen molar-refractivity contribution in [1.82, 2.24) is 0 Å². The number of ether oxygens (including phenoxy) is 2. The number of carboxylic acids is 1. The lowest BCUT2D eigenvalue weighted by Crippen LogP contribution is -2.36. The molecule has 0 aliphatic carbocycles. The second kappa shape index (κ2) is 4.57. The number of hydrogen-bond acceptors (Lipinski definition) is 4. The second-order valence-electron chi connectivity index (χ2n) is 5.21. The van der Waals surface area contributed by atoms with Crippen molar-refractivity contribution >= 4 is 11.8 Å². The number of carbonyl (C=O) groups excluding carboxylic acids is 1. The zero-order chi connectivity index (χ0) is 14.2. The molecule has 1 aromatic carbocycles. The van der Waals surface area contributed by atoms with Crippen LogP contribution in [0.15, 0.2) is 12.1 Å². The summed E-state index contributed by atoms with van der Waals surface area (Å²) in [7, 11) is 0. The van der Waals surface area contributed by atoms with Gasteiger partial charge in [-0.05, 0) is 32.9 Å². The lowest BCUT2D eigenvalue weighted by molar-refractivity contribution is -0.139. The molecule has 0 atom stereocenters. The number of aliphatic carboxylic acids is 1. The predicted octanol–water partition coefficient (Wildman–Crippen LogP) is 2.20. The van der Waals surface area contributed by atoms with Crippen molar-refractivity contribution in [3.05, 3.63) is 23.3 Å².